The van der Waals surface area contributed by atoms with Gasteiger partial charge in [-0.15, -0.1) is 0 Å². The van der Waals surface area contributed by atoms with Crippen LogP contribution in [0.2, 0.25) is 5.02 Å². The summed E-state index contributed by atoms with van der Waals surface area (Å²) in [4.78, 5) is 12.0. The monoisotopic (exact) mass is 421 g/mol. The third kappa shape index (κ3) is 4.11. The van der Waals surface area contributed by atoms with Crippen LogP contribution in [0.15, 0.2) is 36.5 Å². The minimum absolute atomic E-state index is 0.183. The molecule has 0 bridgehead atoms. The number of halogens is 1. The lowest BCUT2D eigenvalue weighted by atomic mass is 10.2. The lowest BCUT2D eigenvalue weighted by Crippen LogP contribution is -2.39. The molecule has 1 amide bonds. The zero-order chi connectivity index (χ0) is 20.5. The van der Waals surface area contributed by atoms with Crippen molar-refractivity contribution in [2.24, 2.45) is 7.05 Å². The van der Waals surface area contributed by atoms with Crippen LogP contribution in [-0.4, -0.2) is 35.2 Å². The fraction of sp³-hybridized carbons (Fsp3) is 0.222. The number of hydrogen-bond acceptors (Lipinski definition) is 4. The van der Waals surface area contributed by atoms with Gasteiger partial charge in [0, 0.05) is 41.8 Å². The number of aryl methyl sites for hydroxylation is 2. The summed E-state index contributed by atoms with van der Waals surface area (Å²) in [5.41, 5.74) is 2.33. The molecule has 0 atom stereocenters. The lowest BCUT2D eigenvalue weighted by molar-refractivity contribution is -0.114. The average molecular weight is 422 g/mol. The van der Waals surface area contributed by atoms with E-state index in [2.05, 4.69) is 9.82 Å². The number of carbonyl (C=O) groups excluding carboxylic acids is 1. The first-order valence-corrected chi connectivity index (χ1v) is 10.4. The van der Waals surface area contributed by atoms with Gasteiger partial charge < -0.3 is 4.57 Å². The Morgan fingerprint density at radius 1 is 1.32 bits per heavy atom. The van der Waals surface area contributed by atoms with Gasteiger partial charge in [-0.1, -0.05) is 18.5 Å². The van der Waals surface area contributed by atoms with E-state index in [1.54, 1.807) is 30.8 Å². The Kier molecular flexibility index (Phi) is 5.59. The SMILES string of the molecule is CCNS(=O)(=O)NC(=O)C=Cc1c(C)nn(C)c1-n1ccc2cc(Cl)ccc21. The number of rotatable bonds is 6. The quantitative estimate of drug-likeness (QED) is 0.597. The number of hydrogen-bond donors (Lipinski definition) is 2. The van der Waals surface area contributed by atoms with Crippen molar-refractivity contribution in [3.05, 3.63) is 52.8 Å². The molecule has 2 heterocycles. The first-order valence-electron chi connectivity index (χ1n) is 8.52. The normalized spacial score (nSPS) is 12.1. The van der Waals surface area contributed by atoms with E-state index in [9.17, 15) is 13.2 Å². The number of nitrogens with zero attached hydrogens (tertiary/aromatic N) is 3. The average Bonchev–Trinajstić information content (AvgIpc) is 3.11. The number of nitrogens with one attached hydrogen (secondary N) is 2. The third-order valence-electron chi connectivity index (χ3n) is 4.09. The van der Waals surface area contributed by atoms with Gasteiger partial charge in [-0.25, -0.2) is 4.72 Å². The van der Waals surface area contributed by atoms with Crippen molar-refractivity contribution in [2.45, 2.75) is 13.8 Å². The molecule has 8 nitrogen and oxygen atoms in total. The van der Waals surface area contributed by atoms with Gasteiger partial charge in [-0.05, 0) is 37.3 Å². The maximum atomic E-state index is 12.0. The first kappa shape index (κ1) is 20.1. The van der Waals surface area contributed by atoms with Crippen molar-refractivity contribution in [1.82, 2.24) is 23.8 Å². The largest absolute Gasteiger partial charge is 0.301 e. The Morgan fingerprint density at radius 3 is 2.79 bits per heavy atom. The summed E-state index contributed by atoms with van der Waals surface area (Å²) in [5, 5.41) is 6.04. The molecular formula is C18H20ClN5O3S. The van der Waals surface area contributed by atoms with E-state index in [0.717, 1.165) is 16.7 Å². The summed E-state index contributed by atoms with van der Waals surface area (Å²) in [5.74, 6) is -0.00675. The summed E-state index contributed by atoms with van der Waals surface area (Å²) in [6.07, 6.45) is 4.62. The number of benzene rings is 1. The van der Waals surface area contributed by atoms with Gasteiger partial charge in [0.05, 0.1) is 11.2 Å². The molecule has 0 aliphatic heterocycles. The molecule has 0 unspecified atom stereocenters. The molecule has 0 aliphatic rings. The molecule has 1 aromatic carbocycles. The summed E-state index contributed by atoms with van der Waals surface area (Å²) >= 11 is 6.06. The molecule has 0 saturated heterocycles. The van der Waals surface area contributed by atoms with Crippen molar-refractivity contribution in [1.29, 1.82) is 0 Å². The second kappa shape index (κ2) is 7.78. The molecule has 2 N–H and O–H groups in total. The fourth-order valence-corrected chi connectivity index (χ4v) is 3.96. The minimum Gasteiger partial charge on any atom is -0.301 e. The summed E-state index contributed by atoms with van der Waals surface area (Å²) in [7, 11) is -2.06. The Bertz CT molecular complexity index is 1180. The van der Waals surface area contributed by atoms with Crippen molar-refractivity contribution >= 4 is 44.7 Å². The van der Waals surface area contributed by atoms with Crippen LogP contribution in [0.5, 0.6) is 0 Å². The predicted molar refractivity (Wildman–Crippen MR) is 110 cm³/mol. The van der Waals surface area contributed by atoms with E-state index >= 15 is 0 Å². The molecule has 0 aliphatic carbocycles. The highest BCUT2D eigenvalue weighted by Crippen LogP contribution is 2.27. The zero-order valence-electron chi connectivity index (χ0n) is 15.6. The smallest absolute Gasteiger partial charge is 0.301 e. The maximum absolute atomic E-state index is 12.0. The highest BCUT2D eigenvalue weighted by molar-refractivity contribution is 7.88. The van der Waals surface area contributed by atoms with Gasteiger partial charge in [0.15, 0.2) is 0 Å². The van der Waals surface area contributed by atoms with Crippen LogP contribution in [-0.2, 0) is 22.1 Å². The second-order valence-electron chi connectivity index (χ2n) is 6.14. The van der Waals surface area contributed by atoms with E-state index in [1.807, 2.05) is 40.6 Å². The van der Waals surface area contributed by atoms with E-state index in [4.69, 9.17) is 11.6 Å². The Hall–Kier alpha value is -2.62. The van der Waals surface area contributed by atoms with Crippen LogP contribution in [0.4, 0.5) is 0 Å². The van der Waals surface area contributed by atoms with Crippen molar-refractivity contribution in [3.63, 3.8) is 0 Å². The first-order chi connectivity index (χ1) is 13.2. The Labute approximate surface area is 168 Å². The van der Waals surface area contributed by atoms with Crippen molar-refractivity contribution in [2.75, 3.05) is 6.54 Å². The number of aromatic nitrogens is 3. The predicted octanol–water partition coefficient (Wildman–Crippen LogP) is 2.31. The molecule has 0 radical (unpaired) electrons. The second-order valence-corrected chi connectivity index (χ2v) is 8.07. The van der Waals surface area contributed by atoms with Crippen LogP contribution in [0, 0.1) is 6.92 Å². The van der Waals surface area contributed by atoms with Gasteiger partial charge >= 0.3 is 10.2 Å². The summed E-state index contributed by atoms with van der Waals surface area (Å²) < 4.78 is 31.1. The number of carbonyl (C=O) groups is 1. The van der Waals surface area contributed by atoms with Gasteiger partial charge in [0.25, 0.3) is 5.91 Å². The topological polar surface area (TPSA) is 98.0 Å². The molecule has 3 aromatic rings. The molecule has 2 aromatic heterocycles. The molecule has 10 heteroatoms. The molecule has 0 saturated carbocycles. The minimum atomic E-state index is -3.87. The number of fused-ring (bicyclic) bond motifs is 1. The van der Waals surface area contributed by atoms with E-state index < -0.39 is 16.1 Å². The summed E-state index contributed by atoms with van der Waals surface area (Å²) in [6.45, 7) is 3.63. The van der Waals surface area contributed by atoms with Crippen LogP contribution < -0.4 is 9.44 Å². The molecule has 0 spiro atoms. The van der Waals surface area contributed by atoms with Gasteiger partial charge in [-0.3, -0.25) is 9.48 Å². The van der Waals surface area contributed by atoms with Gasteiger partial charge in [0.2, 0.25) is 0 Å². The van der Waals surface area contributed by atoms with Crippen LogP contribution >= 0.6 is 11.6 Å². The van der Waals surface area contributed by atoms with Crippen LogP contribution in [0.25, 0.3) is 22.8 Å². The molecule has 0 fully saturated rings. The standard InChI is InChI=1S/C18H20ClN5O3S/c1-4-20-28(26,27)22-17(25)8-6-15-12(2)21-23(3)18(15)24-10-9-13-11-14(19)5-7-16(13)24/h5-11,20H,4H2,1-3H3,(H,22,25). The molecule has 3 rings (SSSR count). The zero-order valence-corrected chi connectivity index (χ0v) is 17.2. The Balaban J connectivity index is 1.98. The van der Waals surface area contributed by atoms with Crippen molar-refractivity contribution < 1.29 is 13.2 Å². The van der Waals surface area contributed by atoms with E-state index in [0.29, 0.717) is 16.3 Å². The number of amides is 1. The van der Waals surface area contributed by atoms with E-state index in [-0.39, 0.29) is 6.54 Å². The molecule has 148 valence electrons. The third-order valence-corrected chi connectivity index (χ3v) is 5.46. The lowest BCUT2D eigenvalue weighted by Gasteiger charge is -2.08. The van der Waals surface area contributed by atoms with Gasteiger partial charge in [0.1, 0.15) is 5.82 Å². The molecule has 28 heavy (non-hydrogen) atoms. The molecular weight excluding hydrogens is 402 g/mol. The Morgan fingerprint density at radius 2 is 2.07 bits per heavy atom. The van der Waals surface area contributed by atoms with Crippen molar-refractivity contribution in [3.8, 4) is 5.82 Å². The van der Waals surface area contributed by atoms with E-state index in [1.165, 1.54) is 6.08 Å². The van der Waals surface area contributed by atoms with Gasteiger partial charge in [-0.2, -0.15) is 18.2 Å². The maximum Gasteiger partial charge on any atom is 0.301 e. The van der Waals surface area contributed by atoms with Crippen LogP contribution in [0.1, 0.15) is 18.2 Å². The highest BCUT2D eigenvalue weighted by Gasteiger charge is 2.16. The fourth-order valence-electron chi connectivity index (χ4n) is 2.99. The van der Waals surface area contributed by atoms with Crippen LogP contribution in [0.3, 0.4) is 0 Å². The highest BCUT2D eigenvalue weighted by atomic mass is 35.5. The summed E-state index contributed by atoms with van der Waals surface area (Å²) in [6, 6.07) is 7.51.